The fraction of sp³-hybridized carbons (Fsp3) is 0.750. The average molecular weight is 271 g/mol. The molecule has 0 aliphatic carbocycles. The number of anilines is 2. The predicted molar refractivity (Wildman–Crippen MR) is 74.5 cm³/mol. The van der Waals surface area contributed by atoms with Crippen LogP contribution in [0.2, 0.25) is 0 Å². The van der Waals surface area contributed by atoms with Gasteiger partial charge in [0.1, 0.15) is 0 Å². The third-order valence-electron chi connectivity index (χ3n) is 2.99. The molecule has 2 heterocycles. The molecule has 1 aromatic heterocycles. The van der Waals surface area contributed by atoms with Crippen molar-refractivity contribution in [1.29, 1.82) is 0 Å². The van der Waals surface area contributed by atoms with Crippen LogP contribution in [0.25, 0.3) is 0 Å². The molecule has 1 aliphatic rings. The Morgan fingerprint density at radius 3 is 3.00 bits per heavy atom. The zero-order valence-corrected chi connectivity index (χ0v) is 12.0. The molecule has 1 atom stereocenters. The summed E-state index contributed by atoms with van der Waals surface area (Å²) in [6.07, 6.45) is 1.26. The average Bonchev–Trinajstić information content (AvgIpc) is 2.88. The number of nitrogens with zero attached hydrogens (tertiary/aromatic N) is 2. The third-order valence-corrected chi connectivity index (χ3v) is 3.89. The largest absolute Gasteiger partial charge is 0.484 e. The van der Waals surface area contributed by atoms with E-state index in [1.54, 1.807) is 7.11 Å². The van der Waals surface area contributed by atoms with Gasteiger partial charge in [0.15, 0.2) is 16.6 Å². The molecule has 102 valence electrons. The Balaban J connectivity index is 2.09. The number of aromatic nitrogens is 1. The van der Waals surface area contributed by atoms with Crippen molar-refractivity contribution in [3.63, 3.8) is 0 Å². The lowest BCUT2D eigenvalue weighted by molar-refractivity contribution is 0.161. The van der Waals surface area contributed by atoms with Crippen molar-refractivity contribution in [3.8, 4) is 5.75 Å². The molecule has 0 saturated carbocycles. The summed E-state index contributed by atoms with van der Waals surface area (Å²) in [5, 5.41) is 1.06. The Morgan fingerprint density at radius 1 is 1.56 bits per heavy atom. The molecule has 0 radical (unpaired) electrons. The minimum absolute atomic E-state index is 0.111. The first-order chi connectivity index (χ1) is 8.61. The Hall–Kier alpha value is -1.01. The zero-order valence-electron chi connectivity index (χ0n) is 11.2. The summed E-state index contributed by atoms with van der Waals surface area (Å²) in [7, 11) is 1.75. The summed E-state index contributed by atoms with van der Waals surface area (Å²) >= 11 is 1.42. The van der Waals surface area contributed by atoms with Crippen LogP contribution in [0, 0.1) is 5.92 Å². The molecule has 18 heavy (non-hydrogen) atoms. The molecular formula is C12H21N3O2S. The highest BCUT2D eigenvalue weighted by Crippen LogP contribution is 2.40. The number of rotatable bonds is 5. The van der Waals surface area contributed by atoms with Gasteiger partial charge in [0.25, 0.3) is 0 Å². The maximum atomic E-state index is 5.87. The van der Waals surface area contributed by atoms with Crippen molar-refractivity contribution in [3.05, 3.63) is 0 Å². The summed E-state index contributed by atoms with van der Waals surface area (Å²) < 4.78 is 15.2. The highest BCUT2D eigenvalue weighted by atomic mass is 32.1. The number of methoxy groups -OCH3 is 1. The summed E-state index contributed by atoms with van der Waals surface area (Å²) in [4.78, 5) is 2.30. The summed E-state index contributed by atoms with van der Waals surface area (Å²) in [6, 6.07) is 0. The van der Waals surface area contributed by atoms with Gasteiger partial charge < -0.3 is 20.1 Å². The van der Waals surface area contributed by atoms with Crippen molar-refractivity contribution in [2.45, 2.75) is 26.4 Å². The molecule has 1 saturated heterocycles. The third kappa shape index (κ3) is 2.87. The van der Waals surface area contributed by atoms with Crippen LogP contribution in [0.15, 0.2) is 0 Å². The topological polar surface area (TPSA) is 60.6 Å². The Labute approximate surface area is 112 Å². The van der Waals surface area contributed by atoms with Gasteiger partial charge >= 0.3 is 0 Å². The van der Waals surface area contributed by atoms with Gasteiger partial charge in [-0.3, -0.25) is 0 Å². The van der Waals surface area contributed by atoms with E-state index in [0.29, 0.717) is 11.7 Å². The lowest BCUT2D eigenvalue weighted by atomic mass is 10.1. The molecule has 2 N–H and O–H groups in total. The molecule has 1 aliphatic heterocycles. The number of nitrogens with two attached hydrogens (primary N) is 1. The van der Waals surface area contributed by atoms with Gasteiger partial charge in [-0.1, -0.05) is 0 Å². The van der Waals surface area contributed by atoms with E-state index in [1.165, 1.54) is 11.5 Å². The van der Waals surface area contributed by atoms with Gasteiger partial charge in [-0.2, -0.15) is 4.37 Å². The van der Waals surface area contributed by atoms with Crippen molar-refractivity contribution in [2.75, 3.05) is 37.4 Å². The zero-order chi connectivity index (χ0) is 13.1. The minimum Gasteiger partial charge on any atom is -0.484 e. The molecule has 1 unspecified atom stereocenters. The van der Waals surface area contributed by atoms with Crippen molar-refractivity contribution < 1.29 is 9.47 Å². The molecular weight excluding hydrogens is 250 g/mol. The van der Waals surface area contributed by atoms with Crippen LogP contribution in [-0.4, -0.2) is 37.3 Å². The van der Waals surface area contributed by atoms with Gasteiger partial charge in [0.05, 0.1) is 12.7 Å². The predicted octanol–water partition coefficient (Wildman–Crippen LogP) is 1.99. The van der Waals surface area contributed by atoms with E-state index in [1.807, 2.05) is 13.8 Å². The SMILES string of the molecule is COCC1CCN(c2snc(N)c2OC(C)C)C1. The molecule has 0 aromatic carbocycles. The van der Waals surface area contributed by atoms with E-state index in [0.717, 1.165) is 36.9 Å². The maximum absolute atomic E-state index is 5.87. The summed E-state index contributed by atoms with van der Waals surface area (Å²) in [5.74, 6) is 1.83. The van der Waals surface area contributed by atoms with Crippen LogP contribution in [0.3, 0.4) is 0 Å². The number of hydrogen-bond donors (Lipinski definition) is 1. The number of nitrogen functional groups attached to an aromatic ring is 1. The van der Waals surface area contributed by atoms with Gasteiger partial charge in [0.2, 0.25) is 0 Å². The molecule has 6 heteroatoms. The second-order valence-corrected chi connectivity index (χ2v) is 5.68. The maximum Gasteiger partial charge on any atom is 0.198 e. The van der Waals surface area contributed by atoms with E-state index in [-0.39, 0.29) is 6.10 Å². The summed E-state index contributed by atoms with van der Waals surface area (Å²) in [5.41, 5.74) is 5.87. The lowest BCUT2D eigenvalue weighted by Crippen LogP contribution is -2.21. The van der Waals surface area contributed by atoms with Crippen molar-refractivity contribution in [2.24, 2.45) is 5.92 Å². The second-order valence-electron chi connectivity index (χ2n) is 4.92. The van der Waals surface area contributed by atoms with Crippen LogP contribution in [0.4, 0.5) is 10.8 Å². The number of ether oxygens (including phenoxy) is 2. The van der Waals surface area contributed by atoms with E-state index in [9.17, 15) is 0 Å². The molecule has 0 amide bonds. The first-order valence-electron chi connectivity index (χ1n) is 6.27. The Morgan fingerprint density at radius 2 is 2.33 bits per heavy atom. The van der Waals surface area contributed by atoms with Crippen LogP contribution in [-0.2, 0) is 4.74 Å². The first kappa shape index (κ1) is 13.4. The fourth-order valence-electron chi connectivity index (χ4n) is 2.22. The lowest BCUT2D eigenvalue weighted by Gasteiger charge is -2.19. The summed E-state index contributed by atoms with van der Waals surface area (Å²) in [6.45, 7) is 6.82. The van der Waals surface area contributed by atoms with E-state index < -0.39 is 0 Å². The van der Waals surface area contributed by atoms with Crippen LogP contribution in [0.1, 0.15) is 20.3 Å². The van der Waals surface area contributed by atoms with Gasteiger partial charge in [-0.25, -0.2) is 0 Å². The van der Waals surface area contributed by atoms with Crippen LogP contribution < -0.4 is 15.4 Å². The molecule has 0 spiro atoms. The second kappa shape index (κ2) is 5.75. The normalized spacial score (nSPS) is 19.8. The molecule has 5 nitrogen and oxygen atoms in total. The van der Waals surface area contributed by atoms with E-state index in [2.05, 4.69) is 9.27 Å². The number of hydrogen-bond acceptors (Lipinski definition) is 6. The first-order valence-corrected chi connectivity index (χ1v) is 7.04. The van der Waals surface area contributed by atoms with Gasteiger partial charge in [-0.05, 0) is 31.8 Å². The standard InChI is InChI=1S/C12H21N3O2S/c1-8(2)17-10-11(13)14-18-12(10)15-5-4-9(6-15)7-16-3/h8-9H,4-7H2,1-3H3,(H2,13,14). The smallest absolute Gasteiger partial charge is 0.198 e. The monoisotopic (exact) mass is 271 g/mol. The van der Waals surface area contributed by atoms with Crippen molar-refractivity contribution >= 4 is 22.4 Å². The molecule has 1 aromatic rings. The van der Waals surface area contributed by atoms with Gasteiger partial charge in [0, 0.05) is 26.1 Å². The minimum atomic E-state index is 0.111. The van der Waals surface area contributed by atoms with Crippen LogP contribution in [0.5, 0.6) is 5.75 Å². The molecule has 0 bridgehead atoms. The van der Waals surface area contributed by atoms with Crippen LogP contribution >= 0.6 is 11.5 Å². The van der Waals surface area contributed by atoms with E-state index >= 15 is 0 Å². The fourth-order valence-corrected chi connectivity index (χ4v) is 3.01. The van der Waals surface area contributed by atoms with Gasteiger partial charge in [-0.15, -0.1) is 0 Å². The Bertz CT molecular complexity index is 395. The van der Waals surface area contributed by atoms with E-state index in [4.69, 9.17) is 15.2 Å². The molecule has 2 rings (SSSR count). The highest BCUT2D eigenvalue weighted by Gasteiger charge is 2.27. The quantitative estimate of drug-likeness (QED) is 0.887. The Kier molecular flexibility index (Phi) is 4.29. The van der Waals surface area contributed by atoms with Crippen molar-refractivity contribution in [1.82, 2.24) is 4.37 Å². The highest BCUT2D eigenvalue weighted by molar-refractivity contribution is 7.11. The molecule has 1 fully saturated rings.